The predicted octanol–water partition coefficient (Wildman–Crippen LogP) is 4.00. The summed E-state index contributed by atoms with van der Waals surface area (Å²) in [5, 5.41) is 19.3. The molecular weight excluding hydrogens is 200 g/mol. The van der Waals surface area contributed by atoms with Crippen molar-refractivity contribution in [2.75, 3.05) is 0 Å². The summed E-state index contributed by atoms with van der Waals surface area (Å²) in [5.41, 5.74) is 0. The van der Waals surface area contributed by atoms with E-state index in [1.165, 1.54) is 32.1 Å². The van der Waals surface area contributed by atoms with E-state index in [4.69, 9.17) is 0 Å². The van der Waals surface area contributed by atoms with Crippen LogP contribution in [0.2, 0.25) is 0 Å². The largest absolute Gasteiger partial charge is 0.366 e. The van der Waals surface area contributed by atoms with Gasteiger partial charge in [0, 0.05) is 12.8 Å². The molecule has 0 saturated carbocycles. The number of unbranched alkanes of at least 4 members (excludes halogenated alkanes) is 7. The van der Waals surface area contributed by atoms with E-state index in [0.717, 1.165) is 25.7 Å². The molecule has 0 atom stereocenters. The van der Waals surface area contributed by atoms with Gasteiger partial charge in [0.15, 0.2) is 5.79 Å². The molecule has 0 rings (SSSR count). The summed E-state index contributed by atoms with van der Waals surface area (Å²) in [4.78, 5) is 0. The lowest BCUT2D eigenvalue weighted by Crippen LogP contribution is -2.27. The molecule has 0 aliphatic carbocycles. The van der Waals surface area contributed by atoms with E-state index in [2.05, 4.69) is 13.8 Å². The third-order valence-electron chi connectivity index (χ3n) is 3.11. The zero-order valence-corrected chi connectivity index (χ0v) is 11.2. The minimum atomic E-state index is -1.40. The Balaban J connectivity index is 3.29. The minimum Gasteiger partial charge on any atom is -0.366 e. The molecule has 16 heavy (non-hydrogen) atoms. The van der Waals surface area contributed by atoms with Crippen LogP contribution in [-0.2, 0) is 0 Å². The molecule has 0 aromatic carbocycles. The van der Waals surface area contributed by atoms with Crippen LogP contribution in [-0.4, -0.2) is 16.0 Å². The Morgan fingerprint density at radius 3 is 1.62 bits per heavy atom. The zero-order valence-electron chi connectivity index (χ0n) is 11.2. The van der Waals surface area contributed by atoms with Crippen LogP contribution >= 0.6 is 0 Å². The lowest BCUT2D eigenvalue weighted by molar-refractivity contribution is -0.171. The molecular formula is C14H30O2. The fraction of sp³-hybridized carbons (Fsp3) is 1.00. The van der Waals surface area contributed by atoms with Crippen LogP contribution in [0.15, 0.2) is 0 Å². The second-order valence-corrected chi connectivity index (χ2v) is 4.96. The van der Waals surface area contributed by atoms with Gasteiger partial charge in [-0.15, -0.1) is 0 Å². The van der Waals surface area contributed by atoms with Crippen molar-refractivity contribution in [3.8, 4) is 0 Å². The summed E-state index contributed by atoms with van der Waals surface area (Å²) in [6.45, 7) is 4.30. The maximum Gasteiger partial charge on any atom is 0.162 e. The first-order chi connectivity index (χ1) is 7.62. The van der Waals surface area contributed by atoms with Crippen LogP contribution in [0.25, 0.3) is 0 Å². The van der Waals surface area contributed by atoms with Gasteiger partial charge in [0.05, 0.1) is 0 Å². The third kappa shape index (κ3) is 10.4. The molecule has 2 N–H and O–H groups in total. The molecule has 0 fully saturated rings. The maximum absolute atomic E-state index is 9.64. The van der Waals surface area contributed by atoms with Gasteiger partial charge in [0.1, 0.15) is 0 Å². The van der Waals surface area contributed by atoms with Gasteiger partial charge < -0.3 is 10.2 Å². The van der Waals surface area contributed by atoms with E-state index in [1.807, 2.05) is 0 Å². The predicted molar refractivity (Wildman–Crippen MR) is 69.3 cm³/mol. The third-order valence-corrected chi connectivity index (χ3v) is 3.11. The Morgan fingerprint density at radius 1 is 0.625 bits per heavy atom. The number of rotatable bonds is 11. The maximum atomic E-state index is 9.64. The van der Waals surface area contributed by atoms with E-state index in [9.17, 15) is 10.2 Å². The molecule has 0 unspecified atom stereocenters. The Morgan fingerprint density at radius 2 is 1.06 bits per heavy atom. The quantitative estimate of drug-likeness (QED) is 0.416. The lowest BCUT2D eigenvalue weighted by atomic mass is 10.0. The van der Waals surface area contributed by atoms with Gasteiger partial charge in [-0.05, 0) is 12.8 Å². The summed E-state index contributed by atoms with van der Waals surface area (Å²) < 4.78 is 0. The highest BCUT2D eigenvalue weighted by Gasteiger charge is 2.20. The van der Waals surface area contributed by atoms with Crippen LogP contribution in [0, 0.1) is 0 Å². The Bertz CT molecular complexity index is 144. The van der Waals surface area contributed by atoms with Crippen molar-refractivity contribution in [1.29, 1.82) is 0 Å². The Kier molecular flexibility index (Phi) is 10.0. The van der Waals surface area contributed by atoms with Gasteiger partial charge in [-0.1, -0.05) is 58.8 Å². The first-order valence-corrected chi connectivity index (χ1v) is 7.07. The number of hydrogen-bond donors (Lipinski definition) is 2. The van der Waals surface area contributed by atoms with E-state index in [-0.39, 0.29) is 0 Å². The van der Waals surface area contributed by atoms with E-state index < -0.39 is 5.79 Å². The Hall–Kier alpha value is -0.0800. The summed E-state index contributed by atoms with van der Waals surface area (Å²) >= 11 is 0. The molecule has 98 valence electrons. The van der Waals surface area contributed by atoms with Gasteiger partial charge in [0.25, 0.3) is 0 Å². The van der Waals surface area contributed by atoms with Crippen LogP contribution < -0.4 is 0 Å². The van der Waals surface area contributed by atoms with Crippen molar-refractivity contribution in [3.63, 3.8) is 0 Å². The van der Waals surface area contributed by atoms with Crippen molar-refractivity contribution in [3.05, 3.63) is 0 Å². The van der Waals surface area contributed by atoms with Crippen LogP contribution in [0.3, 0.4) is 0 Å². The molecule has 0 saturated heterocycles. The first kappa shape index (κ1) is 15.9. The van der Waals surface area contributed by atoms with Crippen LogP contribution in [0.4, 0.5) is 0 Å². The highest BCUT2D eigenvalue weighted by Crippen LogP contribution is 2.19. The minimum absolute atomic E-state index is 0.527. The molecule has 0 amide bonds. The Labute approximate surface area is 101 Å². The molecule has 0 heterocycles. The van der Waals surface area contributed by atoms with E-state index >= 15 is 0 Å². The molecule has 0 aromatic rings. The van der Waals surface area contributed by atoms with Crippen molar-refractivity contribution < 1.29 is 10.2 Å². The summed E-state index contributed by atoms with van der Waals surface area (Å²) in [6.07, 6.45) is 11.6. The summed E-state index contributed by atoms with van der Waals surface area (Å²) in [5.74, 6) is -1.40. The molecule has 2 nitrogen and oxygen atoms in total. The standard InChI is InChI=1S/C14H30O2/c1-3-5-7-8-9-10-11-13-14(15,16)12-6-4-2/h15-16H,3-13H2,1-2H3. The second kappa shape index (κ2) is 10.1. The summed E-state index contributed by atoms with van der Waals surface area (Å²) in [7, 11) is 0. The first-order valence-electron chi connectivity index (χ1n) is 7.07. The van der Waals surface area contributed by atoms with Gasteiger partial charge >= 0.3 is 0 Å². The normalized spacial score (nSPS) is 12.0. The van der Waals surface area contributed by atoms with E-state index in [1.54, 1.807) is 0 Å². The van der Waals surface area contributed by atoms with E-state index in [0.29, 0.717) is 12.8 Å². The highest BCUT2D eigenvalue weighted by atomic mass is 16.5. The fourth-order valence-corrected chi connectivity index (χ4v) is 1.95. The molecule has 0 aliphatic heterocycles. The highest BCUT2D eigenvalue weighted by molar-refractivity contribution is 4.64. The lowest BCUT2D eigenvalue weighted by Gasteiger charge is -2.21. The average molecular weight is 230 g/mol. The van der Waals surface area contributed by atoms with Crippen molar-refractivity contribution in [1.82, 2.24) is 0 Å². The molecule has 0 radical (unpaired) electrons. The molecule has 2 heteroatoms. The molecule has 0 aromatic heterocycles. The second-order valence-electron chi connectivity index (χ2n) is 4.96. The topological polar surface area (TPSA) is 40.5 Å². The van der Waals surface area contributed by atoms with Gasteiger partial charge in [0.2, 0.25) is 0 Å². The van der Waals surface area contributed by atoms with Crippen LogP contribution in [0.5, 0.6) is 0 Å². The van der Waals surface area contributed by atoms with Crippen molar-refractivity contribution >= 4 is 0 Å². The molecule has 0 aliphatic rings. The fourth-order valence-electron chi connectivity index (χ4n) is 1.95. The van der Waals surface area contributed by atoms with Gasteiger partial charge in [-0.2, -0.15) is 0 Å². The summed E-state index contributed by atoms with van der Waals surface area (Å²) in [6, 6.07) is 0. The van der Waals surface area contributed by atoms with Crippen molar-refractivity contribution in [2.24, 2.45) is 0 Å². The van der Waals surface area contributed by atoms with Gasteiger partial charge in [-0.25, -0.2) is 0 Å². The molecule has 0 bridgehead atoms. The van der Waals surface area contributed by atoms with Crippen molar-refractivity contribution in [2.45, 2.75) is 90.3 Å². The zero-order chi connectivity index (χ0) is 12.3. The van der Waals surface area contributed by atoms with Gasteiger partial charge in [-0.3, -0.25) is 0 Å². The molecule has 0 spiro atoms. The smallest absolute Gasteiger partial charge is 0.162 e. The van der Waals surface area contributed by atoms with Crippen LogP contribution in [0.1, 0.15) is 84.5 Å². The number of aliphatic hydroxyl groups is 2. The SMILES string of the molecule is CCCCCCCCCC(O)(O)CCCC. The number of hydrogen-bond acceptors (Lipinski definition) is 2. The average Bonchev–Trinajstić information content (AvgIpc) is 2.25. The monoisotopic (exact) mass is 230 g/mol.